The average Bonchev–Trinajstić information content (AvgIpc) is 2.82. The van der Waals surface area contributed by atoms with Crippen molar-refractivity contribution in [1.82, 2.24) is 15.5 Å². The molecule has 2 aromatic rings. The van der Waals surface area contributed by atoms with Crippen LogP contribution in [-0.4, -0.2) is 67.6 Å². The van der Waals surface area contributed by atoms with Crippen LogP contribution in [0.2, 0.25) is 5.02 Å². The standard InChI is InChI=1S/C23H26ClN3O6/c1-32-17-7-8-18-19(13-17)33-12-10-25-20(28)14-27(11-2-9-26-22(18)30)23(31)21(29)15-3-5-16(24)6-4-15/h3-8,13,21,29H,2,9-12,14H2,1H3,(H,25,28)(H,26,30). The van der Waals surface area contributed by atoms with Crippen LogP contribution in [-0.2, 0) is 9.59 Å². The Kier molecular flexibility index (Phi) is 8.51. The molecule has 176 valence electrons. The van der Waals surface area contributed by atoms with Crippen molar-refractivity contribution in [3.8, 4) is 11.5 Å². The fourth-order valence-electron chi connectivity index (χ4n) is 3.31. The lowest BCUT2D eigenvalue weighted by Gasteiger charge is -2.25. The third-order valence-corrected chi connectivity index (χ3v) is 5.32. The zero-order valence-electron chi connectivity index (χ0n) is 18.2. The van der Waals surface area contributed by atoms with Crippen LogP contribution in [0.3, 0.4) is 0 Å². The second kappa shape index (κ2) is 11.5. The first-order chi connectivity index (χ1) is 15.9. The summed E-state index contributed by atoms with van der Waals surface area (Å²) in [5, 5.41) is 16.5. The minimum absolute atomic E-state index is 0.112. The van der Waals surface area contributed by atoms with Gasteiger partial charge in [-0.25, -0.2) is 0 Å². The van der Waals surface area contributed by atoms with Gasteiger partial charge in [0, 0.05) is 24.2 Å². The summed E-state index contributed by atoms with van der Waals surface area (Å²) in [6.45, 7) is 0.469. The lowest BCUT2D eigenvalue weighted by atomic mass is 10.1. The van der Waals surface area contributed by atoms with Crippen molar-refractivity contribution in [3.63, 3.8) is 0 Å². The Bertz CT molecular complexity index is 998. The quantitative estimate of drug-likeness (QED) is 0.620. The highest BCUT2D eigenvalue weighted by molar-refractivity contribution is 6.30. The second-order valence-corrected chi connectivity index (χ2v) is 7.82. The first kappa shape index (κ1) is 24.3. The highest BCUT2D eigenvalue weighted by atomic mass is 35.5. The van der Waals surface area contributed by atoms with E-state index in [2.05, 4.69) is 10.6 Å². The molecule has 10 heteroatoms. The molecule has 1 aliphatic heterocycles. The molecule has 33 heavy (non-hydrogen) atoms. The van der Waals surface area contributed by atoms with Gasteiger partial charge in [-0.2, -0.15) is 0 Å². The number of halogens is 1. The highest BCUT2D eigenvalue weighted by Crippen LogP contribution is 2.25. The predicted octanol–water partition coefficient (Wildman–Crippen LogP) is 1.54. The minimum atomic E-state index is -1.44. The number of aliphatic hydroxyl groups is 1. The molecule has 0 spiro atoms. The maximum atomic E-state index is 12.9. The van der Waals surface area contributed by atoms with Crippen LogP contribution in [0.25, 0.3) is 0 Å². The van der Waals surface area contributed by atoms with Crippen LogP contribution in [0, 0.1) is 0 Å². The number of nitrogens with zero attached hydrogens (tertiary/aromatic N) is 1. The molecule has 0 saturated heterocycles. The van der Waals surface area contributed by atoms with E-state index in [-0.39, 0.29) is 44.6 Å². The molecule has 1 atom stereocenters. The average molecular weight is 476 g/mol. The molecule has 9 nitrogen and oxygen atoms in total. The van der Waals surface area contributed by atoms with Gasteiger partial charge in [-0.1, -0.05) is 23.7 Å². The summed E-state index contributed by atoms with van der Waals surface area (Å²) in [6, 6.07) is 11.1. The number of fused-ring (bicyclic) bond motifs is 1. The number of aliphatic hydroxyl groups excluding tert-OH is 1. The normalized spacial score (nSPS) is 16.4. The molecular formula is C23H26ClN3O6. The van der Waals surface area contributed by atoms with Crippen molar-refractivity contribution in [2.75, 3.05) is 39.9 Å². The van der Waals surface area contributed by atoms with E-state index in [1.807, 2.05) is 0 Å². The van der Waals surface area contributed by atoms with Gasteiger partial charge in [0.05, 0.1) is 25.8 Å². The van der Waals surface area contributed by atoms with Gasteiger partial charge in [0.2, 0.25) is 5.91 Å². The van der Waals surface area contributed by atoms with Crippen molar-refractivity contribution in [2.24, 2.45) is 0 Å². The molecule has 1 heterocycles. The van der Waals surface area contributed by atoms with Crippen LogP contribution in [0.5, 0.6) is 11.5 Å². The van der Waals surface area contributed by atoms with Crippen molar-refractivity contribution in [2.45, 2.75) is 12.5 Å². The van der Waals surface area contributed by atoms with Crippen LogP contribution < -0.4 is 20.1 Å². The third-order valence-electron chi connectivity index (χ3n) is 5.07. The molecular weight excluding hydrogens is 450 g/mol. The third kappa shape index (κ3) is 6.59. The fourth-order valence-corrected chi connectivity index (χ4v) is 3.44. The number of methoxy groups -OCH3 is 1. The number of hydrogen-bond donors (Lipinski definition) is 3. The summed E-state index contributed by atoms with van der Waals surface area (Å²) in [6.07, 6.45) is -1.06. The molecule has 0 fully saturated rings. The first-order valence-corrected chi connectivity index (χ1v) is 10.8. The van der Waals surface area contributed by atoms with Gasteiger partial charge in [0.1, 0.15) is 18.1 Å². The van der Waals surface area contributed by atoms with E-state index < -0.39 is 12.0 Å². The Balaban J connectivity index is 1.72. The molecule has 3 rings (SSSR count). The van der Waals surface area contributed by atoms with E-state index in [1.54, 1.807) is 42.5 Å². The molecule has 0 saturated carbocycles. The van der Waals surface area contributed by atoms with Gasteiger partial charge >= 0.3 is 0 Å². The maximum Gasteiger partial charge on any atom is 0.256 e. The summed E-state index contributed by atoms with van der Waals surface area (Å²) < 4.78 is 10.9. The van der Waals surface area contributed by atoms with E-state index in [1.165, 1.54) is 12.0 Å². The van der Waals surface area contributed by atoms with Crippen molar-refractivity contribution < 1.29 is 29.0 Å². The van der Waals surface area contributed by atoms with Gasteiger partial charge in [0.15, 0.2) is 6.10 Å². The lowest BCUT2D eigenvalue weighted by Crippen LogP contribution is -2.44. The monoisotopic (exact) mass is 475 g/mol. The summed E-state index contributed by atoms with van der Waals surface area (Å²) in [4.78, 5) is 39.2. The maximum absolute atomic E-state index is 12.9. The molecule has 0 bridgehead atoms. The topological polar surface area (TPSA) is 117 Å². The van der Waals surface area contributed by atoms with Gasteiger partial charge in [-0.3, -0.25) is 14.4 Å². The van der Waals surface area contributed by atoms with Crippen molar-refractivity contribution in [1.29, 1.82) is 0 Å². The van der Waals surface area contributed by atoms with Crippen molar-refractivity contribution >= 4 is 29.3 Å². The summed E-state index contributed by atoms with van der Waals surface area (Å²) in [5.74, 6) is -0.434. The lowest BCUT2D eigenvalue weighted by molar-refractivity contribution is -0.143. The molecule has 0 radical (unpaired) electrons. The summed E-state index contributed by atoms with van der Waals surface area (Å²) in [7, 11) is 1.52. The smallest absolute Gasteiger partial charge is 0.256 e. The van der Waals surface area contributed by atoms with Gasteiger partial charge in [0.25, 0.3) is 11.8 Å². The van der Waals surface area contributed by atoms with E-state index >= 15 is 0 Å². The van der Waals surface area contributed by atoms with E-state index in [0.717, 1.165) is 0 Å². The predicted molar refractivity (Wildman–Crippen MR) is 121 cm³/mol. The highest BCUT2D eigenvalue weighted by Gasteiger charge is 2.25. The molecule has 3 N–H and O–H groups in total. The van der Waals surface area contributed by atoms with Gasteiger partial charge in [-0.05, 0) is 36.2 Å². The van der Waals surface area contributed by atoms with Crippen LogP contribution in [0.15, 0.2) is 42.5 Å². The molecule has 1 unspecified atom stereocenters. The number of rotatable bonds is 3. The largest absolute Gasteiger partial charge is 0.497 e. The number of carbonyl (C=O) groups is 3. The molecule has 1 aliphatic rings. The zero-order valence-corrected chi connectivity index (χ0v) is 18.9. The molecule has 3 amide bonds. The number of amides is 3. The Labute approximate surface area is 196 Å². The van der Waals surface area contributed by atoms with Crippen LogP contribution in [0.4, 0.5) is 0 Å². The van der Waals surface area contributed by atoms with E-state index in [9.17, 15) is 19.5 Å². The van der Waals surface area contributed by atoms with Crippen LogP contribution >= 0.6 is 11.6 Å². The van der Waals surface area contributed by atoms with Gasteiger partial charge < -0.3 is 30.1 Å². The van der Waals surface area contributed by atoms with E-state index in [4.69, 9.17) is 21.1 Å². The molecule has 0 aliphatic carbocycles. The SMILES string of the molecule is COc1ccc2c(c1)OCCNC(=O)CN(C(=O)C(O)c1ccc(Cl)cc1)CCCNC2=O. The number of hydrogen-bond acceptors (Lipinski definition) is 6. The Morgan fingerprint density at radius 1 is 1.15 bits per heavy atom. The summed E-state index contributed by atoms with van der Waals surface area (Å²) in [5.41, 5.74) is 0.711. The Morgan fingerprint density at radius 3 is 2.64 bits per heavy atom. The van der Waals surface area contributed by atoms with Crippen molar-refractivity contribution in [3.05, 3.63) is 58.6 Å². The minimum Gasteiger partial charge on any atom is -0.497 e. The number of benzene rings is 2. The molecule has 0 aromatic heterocycles. The van der Waals surface area contributed by atoms with E-state index in [0.29, 0.717) is 34.1 Å². The second-order valence-electron chi connectivity index (χ2n) is 7.38. The summed E-state index contributed by atoms with van der Waals surface area (Å²) >= 11 is 5.87. The fraction of sp³-hybridized carbons (Fsp3) is 0.348. The zero-order chi connectivity index (χ0) is 23.8. The molecule has 2 aromatic carbocycles. The Hall–Kier alpha value is -3.30. The first-order valence-electron chi connectivity index (χ1n) is 10.5. The Morgan fingerprint density at radius 2 is 1.91 bits per heavy atom. The number of ether oxygens (including phenoxy) is 2. The number of carbonyl (C=O) groups excluding carboxylic acids is 3. The van der Waals surface area contributed by atoms with Crippen LogP contribution in [0.1, 0.15) is 28.4 Å². The van der Waals surface area contributed by atoms with Gasteiger partial charge in [-0.15, -0.1) is 0 Å². The number of nitrogens with one attached hydrogen (secondary N) is 2.